The van der Waals surface area contributed by atoms with Crippen LogP contribution in [0.2, 0.25) is 5.02 Å². The molecule has 1 aromatic heterocycles. The Hall–Kier alpha value is -6.37. The number of piperidine rings is 2. The Balaban J connectivity index is 0.771. The van der Waals surface area contributed by atoms with E-state index in [1.54, 1.807) is 44.5 Å². The number of carbonyl (C=O) groups is 5. The van der Waals surface area contributed by atoms with E-state index in [0.717, 1.165) is 60.5 Å². The molecular weight excluding hydrogens is 1060 g/mol. The van der Waals surface area contributed by atoms with Crippen molar-refractivity contribution in [1.29, 1.82) is 5.26 Å². The van der Waals surface area contributed by atoms with Crippen molar-refractivity contribution in [1.82, 2.24) is 35.6 Å². The molecule has 2 aliphatic carbocycles. The molecule has 80 heavy (non-hydrogen) atoms. The number of halogens is 2. The number of aryl methyl sites for hydroxylation is 1. The van der Waals surface area contributed by atoms with E-state index in [-0.39, 0.29) is 72.9 Å². The van der Waals surface area contributed by atoms with Crippen LogP contribution in [0.25, 0.3) is 10.4 Å². The van der Waals surface area contributed by atoms with E-state index in [4.69, 9.17) is 16.3 Å². The largest absolute Gasteiger partial charge is 0.489 e. The van der Waals surface area contributed by atoms with Crippen LogP contribution >= 0.6 is 22.9 Å². The Morgan fingerprint density at radius 1 is 0.925 bits per heavy atom. The monoisotopic (exact) mass is 1130 g/mol. The second-order valence-corrected chi connectivity index (χ2v) is 26.1. The predicted molar refractivity (Wildman–Crippen MR) is 305 cm³/mol. The third kappa shape index (κ3) is 12.6. The highest BCUT2D eigenvalue weighted by Crippen LogP contribution is 2.56. The molecule has 4 heterocycles. The molecule has 3 saturated heterocycles. The molecule has 0 unspecified atom stereocenters. The molecule has 18 heteroatoms. The van der Waals surface area contributed by atoms with E-state index < -0.39 is 53.0 Å². The van der Waals surface area contributed by atoms with Crippen LogP contribution in [0.4, 0.5) is 4.39 Å². The summed E-state index contributed by atoms with van der Waals surface area (Å²) < 4.78 is 21.2. The first-order chi connectivity index (χ1) is 37.9. The van der Waals surface area contributed by atoms with Gasteiger partial charge in [-0.2, -0.15) is 5.26 Å². The van der Waals surface area contributed by atoms with Crippen LogP contribution in [0, 0.1) is 52.3 Å². The fourth-order valence-corrected chi connectivity index (χ4v) is 13.6. The highest BCUT2D eigenvalue weighted by molar-refractivity contribution is 7.13. The smallest absolute Gasteiger partial charge is 0.258 e. The van der Waals surface area contributed by atoms with Crippen molar-refractivity contribution in [2.75, 3.05) is 32.7 Å². The van der Waals surface area contributed by atoms with Gasteiger partial charge in [0.1, 0.15) is 30.0 Å². The zero-order chi connectivity index (χ0) is 57.5. The molecule has 3 aromatic carbocycles. The van der Waals surface area contributed by atoms with E-state index in [9.17, 15) is 38.7 Å². The molecule has 0 spiro atoms. The average molecular weight is 1130 g/mol. The Bertz CT molecular complexity index is 3070. The first-order valence-electron chi connectivity index (χ1n) is 28.0. The molecule has 5 fully saturated rings. The number of nitrogens with one attached hydrogen (secondary N) is 3. The number of rotatable bonds is 14. The molecule has 0 bridgehead atoms. The Kier molecular flexibility index (Phi) is 16.9. The van der Waals surface area contributed by atoms with Gasteiger partial charge < -0.3 is 40.5 Å². The topological polar surface area (TPSA) is 197 Å². The van der Waals surface area contributed by atoms with Crippen LogP contribution in [0.3, 0.4) is 0 Å². The molecule has 4 atom stereocenters. The molecule has 5 amide bonds. The summed E-state index contributed by atoms with van der Waals surface area (Å²) in [6, 6.07) is 19.4. The first-order valence-corrected chi connectivity index (χ1v) is 29.2. The molecule has 0 radical (unpaired) electrons. The molecule has 2 saturated carbocycles. The highest BCUT2D eigenvalue weighted by atomic mass is 35.5. The maximum atomic E-state index is 14.8. The van der Waals surface area contributed by atoms with Crippen molar-refractivity contribution in [2.45, 2.75) is 155 Å². The minimum absolute atomic E-state index is 0.0231. The van der Waals surface area contributed by atoms with Crippen LogP contribution in [0.15, 0.2) is 72.2 Å². The second kappa shape index (κ2) is 23.2. The van der Waals surface area contributed by atoms with E-state index >= 15 is 0 Å². The van der Waals surface area contributed by atoms with Crippen molar-refractivity contribution in [3.05, 3.63) is 105 Å². The lowest BCUT2D eigenvalue weighted by Crippen LogP contribution is -2.74. The maximum Gasteiger partial charge on any atom is 0.258 e. The fourth-order valence-electron chi connectivity index (χ4n) is 12.6. The van der Waals surface area contributed by atoms with Gasteiger partial charge in [0, 0.05) is 72.1 Å². The number of amides is 5. The van der Waals surface area contributed by atoms with Gasteiger partial charge in [0.2, 0.25) is 17.7 Å². The number of β-amino-alcohol motifs (C(OH)–C–C–N with tert-alkyl or cyclic N) is 1. The summed E-state index contributed by atoms with van der Waals surface area (Å²) in [4.78, 5) is 80.4. The second-order valence-electron chi connectivity index (χ2n) is 24.9. The lowest BCUT2D eigenvalue weighted by Gasteiger charge is -2.63. The van der Waals surface area contributed by atoms with Gasteiger partial charge in [0.25, 0.3) is 11.8 Å². The van der Waals surface area contributed by atoms with Crippen molar-refractivity contribution in [2.24, 2.45) is 22.2 Å². The van der Waals surface area contributed by atoms with Crippen molar-refractivity contribution in [3.8, 4) is 34.1 Å². The van der Waals surface area contributed by atoms with Gasteiger partial charge in [-0.05, 0) is 111 Å². The standard InChI is InChI=1S/C62H74ClFN8O7S/c1-37-51(80-36-66-37)41-17-15-40(16-18-41)48(67-54(76)49-31-45(73)35-72(49)55(77)52(59(2,3)4)68-58(78)62(64)25-26-62)33-50(74)71-29-23-44(24-30-71)70-27-21-39(22-28-70)10-9-38-11-13-42(14-12-38)53(75)69-56-60(5,6)57(61(56,7)8)79-46-20-19-43(34-65)47(63)32-46/h11-20,32,36,39,44-45,48-49,52,56-57,73H,21-31,33,35H2,1-8H3,(H,67,76)(H,68,78)(H,69,75)/t45-,48+,49+,52+,56-,57-/m1/s1. The zero-order valence-electron chi connectivity index (χ0n) is 47.0. The number of carbonyl (C=O) groups excluding carboxylic acids is 5. The van der Waals surface area contributed by atoms with Gasteiger partial charge in [-0.25, -0.2) is 9.37 Å². The lowest BCUT2D eigenvalue weighted by atomic mass is 9.49. The SMILES string of the molecule is Cc1ncsc1-c1ccc([C@H](CC(=O)N2CCC(N3CCC(C#Cc4ccc(C(=O)N[C@H]5C(C)(C)[C@H](Oc6ccc(C#N)c(Cl)c6)C5(C)C)cc4)CC3)CC2)NC(=O)[C@@H]2C[C@@H](O)CN2C(=O)[C@H](NC(=O)C2(F)CC2)C(C)(C)C)cc1. The van der Waals surface area contributed by atoms with Crippen LogP contribution in [-0.2, 0) is 19.2 Å². The summed E-state index contributed by atoms with van der Waals surface area (Å²) in [5, 5.41) is 29.4. The number of benzene rings is 3. The highest BCUT2D eigenvalue weighted by Gasteiger charge is 2.64. The lowest BCUT2D eigenvalue weighted by molar-refractivity contribution is -0.164. The average Bonchev–Trinajstić information content (AvgIpc) is 3.84. The molecular formula is C62H74ClFN8O7S. The zero-order valence-corrected chi connectivity index (χ0v) is 48.6. The third-order valence-corrected chi connectivity index (χ3v) is 18.5. The number of aliphatic hydroxyl groups excluding tert-OH is 1. The molecule has 15 nitrogen and oxygen atoms in total. The Labute approximate surface area is 478 Å². The summed E-state index contributed by atoms with van der Waals surface area (Å²) in [6.45, 7) is 18.3. The number of aliphatic hydroxyl groups is 1. The quantitative estimate of drug-likeness (QED) is 0.0888. The Morgan fingerprint density at radius 3 is 2.17 bits per heavy atom. The molecule has 9 rings (SSSR count). The predicted octanol–water partition coefficient (Wildman–Crippen LogP) is 8.55. The van der Waals surface area contributed by atoms with Gasteiger partial charge in [0.05, 0.1) is 45.2 Å². The summed E-state index contributed by atoms with van der Waals surface area (Å²) in [5.41, 5.74) is 2.52. The number of nitriles is 1. The van der Waals surface area contributed by atoms with Gasteiger partial charge >= 0.3 is 0 Å². The van der Waals surface area contributed by atoms with Crippen LogP contribution in [-0.4, -0.2) is 129 Å². The summed E-state index contributed by atoms with van der Waals surface area (Å²) in [6.07, 6.45) is 2.37. The van der Waals surface area contributed by atoms with Crippen molar-refractivity contribution in [3.63, 3.8) is 0 Å². The van der Waals surface area contributed by atoms with E-state index in [1.165, 1.54) is 16.2 Å². The first kappa shape index (κ1) is 58.3. The number of ether oxygens (including phenoxy) is 1. The van der Waals surface area contributed by atoms with Gasteiger partial charge in [0.15, 0.2) is 5.67 Å². The van der Waals surface area contributed by atoms with E-state index in [0.29, 0.717) is 46.6 Å². The summed E-state index contributed by atoms with van der Waals surface area (Å²) in [7, 11) is 0. The third-order valence-electron chi connectivity index (χ3n) is 17.2. The molecule has 4 N–H and O–H groups in total. The number of hydrogen-bond acceptors (Lipinski definition) is 11. The van der Waals surface area contributed by atoms with Gasteiger partial charge in [-0.1, -0.05) is 96.2 Å². The molecule has 5 aliphatic rings. The van der Waals surface area contributed by atoms with E-state index in [1.807, 2.05) is 60.4 Å². The normalized spacial score (nSPS) is 23.3. The van der Waals surface area contributed by atoms with Crippen LogP contribution in [0.5, 0.6) is 5.75 Å². The summed E-state index contributed by atoms with van der Waals surface area (Å²) in [5.74, 6) is 5.42. The van der Waals surface area contributed by atoms with Crippen LogP contribution in [0.1, 0.15) is 139 Å². The van der Waals surface area contributed by atoms with Gasteiger partial charge in [-0.15, -0.1) is 11.3 Å². The summed E-state index contributed by atoms with van der Waals surface area (Å²) >= 11 is 7.80. The minimum Gasteiger partial charge on any atom is -0.489 e. The number of nitrogens with zero attached hydrogens (tertiary/aromatic N) is 5. The van der Waals surface area contributed by atoms with Crippen molar-refractivity contribution >= 4 is 52.5 Å². The molecule has 3 aliphatic heterocycles. The molecule has 4 aromatic rings. The van der Waals surface area contributed by atoms with Crippen LogP contribution < -0.4 is 20.7 Å². The number of likely N-dealkylation sites (tertiary alicyclic amines) is 3. The Morgan fingerprint density at radius 2 is 1.59 bits per heavy atom. The maximum absolute atomic E-state index is 14.8. The minimum atomic E-state index is -2.01. The van der Waals surface area contributed by atoms with Crippen molar-refractivity contribution < 1.29 is 38.2 Å². The number of thiazole rings is 1. The number of alkyl halides is 1. The fraction of sp³-hybridized carbons (Fsp3) is 0.532. The van der Waals surface area contributed by atoms with E-state index in [2.05, 4.69) is 71.4 Å². The number of aromatic nitrogens is 1. The number of hydrogen-bond donors (Lipinski definition) is 4. The van der Waals surface area contributed by atoms with Gasteiger partial charge in [-0.3, -0.25) is 24.0 Å². The molecule has 424 valence electrons.